The van der Waals surface area contributed by atoms with Gasteiger partial charge in [0.2, 0.25) is 0 Å². The summed E-state index contributed by atoms with van der Waals surface area (Å²) in [7, 11) is 0. The average Bonchev–Trinajstić information content (AvgIpc) is 2.98. The normalized spacial score (nSPS) is 50.9. The van der Waals surface area contributed by atoms with E-state index in [1.165, 1.54) is 83.5 Å². The van der Waals surface area contributed by atoms with E-state index in [9.17, 15) is 0 Å². The molecule has 0 bridgehead atoms. The highest BCUT2D eigenvalue weighted by molar-refractivity contribution is 5.92. The monoisotopic (exact) mass is 355 g/mol. The molecule has 5 fully saturated rings. The highest BCUT2D eigenvalue weighted by Crippen LogP contribution is 2.65. The maximum absolute atomic E-state index is 5.44. The van der Waals surface area contributed by atoms with Gasteiger partial charge in [0.15, 0.2) is 0 Å². The molecule has 0 N–H and O–H groups in total. The molecule has 1 nitrogen and oxygen atoms in total. The second-order valence-corrected chi connectivity index (χ2v) is 11.3. The van der Waals surface area contributed by atoms with Gasteiger partial charge in [-0.2, -0.15) is 0 Å². The Kier molecular flexibility index (Phi) is 4.52. The largest absolute Gasteiger partial charge is 0.290 e. The first kappa shape index (κ1) is 17.7. The third-order valence-corrected chi connectivity index (χ3v) is 10.2. The van der Waals surface area contributed by atoms with Crippen LogP contribution in [0, 0.1) is 34.5 Å². The number of fused-ring (bicyclic) bond motifs is 5. The Balaban J connectivity index is 1.39. The summed E-state index contributed by atoms with van der Waals surface area (Å²) in [6, 6.07) is 0.679. The van der Waals surface area contributed by atoms with E-state index in [-0.39, 0.29) is 0 Å². The molecule has 0 aliphatic heterocycles. The first-order valence-corrected chi connectivity index (χ1v) is 12.2. The van der Waals surface area contributed by atoms with Crippen LogP contribution in [0.2, 0.25) is 0 Å². The van der Waals surface area contributed by atoms with Crippen LogP contribution in [0.15, 0.2) is 4.99 Å². The van der Waals surface area contributed by atoms with Crippen molar-refractivity contribution in [2.75, 3.05) is 0 Å². The number of nitrogens with zero attached hydrogens (tertiary/aromatic N) is 1. The molecule has 5 aliphatic rings. The van der Waals surface area contributed by atoms with Crippen LogP contribution in [0.5, 0.6) is 0 Å². The number of rotatable bonds is 1. The van der Waals surface area contributed by atoms with Crippen LogP contribution in [-0.2, 0) is 0 Å². The lowest BCUT2D eigenvalue weighted by Crippen LogP contribution is -2.52. The topological polar surface area (TPSA) is 12.4 Å². The zero-order valence-corrected chi connectivity index (χ0v) is 17.4. The quantitative estimate of drug-likeness (QED) is 0.472. The summed E-state index contributed by atoms with van der Waals surface area (Å²) in [4.78, 5) is 5.44. The van der Waals surface area contributed by atoms with Gasteiger partial charge < -0.3 is 0 Å². The summed E-state index contributed by atoms with van der Waals surface area (Å²) in [5, 5.41) is 0. The van der Waals surface area contributed by atoms with Gasteiger partial charge in [0, 0.05) is 17.2 Å². The van der Waals surface area contributed by atoms with Crippen molar-refractivity contribution >= 4 is 5.71 Å². The smallest absolute Gasteiger partial charge is 0.0499 e. The molecule has 5 saturated carbocycles. The van der Waals surface area contributed by atoms with Gasteiger partial charge in [-0.25, -0.2) is 0 Å². The lowest BCUT2D eigenvalue weighted by molar-refractivity contribution is -0.0936. The molecule has 0 radical (unpaired) electrons. The van der Waals surface area contributed by atoms with Crippen LogP contribution in [0.4, 0.5) is 0 Å². The standard InChI is InChI=1S/C25H41N/c1-24-16-7-6-8-18(24)11-12-20-21-13-14-23(25(21,2)17-15-22(20)24)26-19-9-4-3-5-10-19/h18-22H,3-17H2,1-2H3/t18-,20+,21+,22+,24-,25+/m0/s1. The summed E-state index contributed by atoms with van der Waals surface area (Å²) in [5.41, 5.74) is 2.83. The van der Waals surface area contributed by atoms with E-state index in [0.29, 0.717) is 16.9 Å². The van der Waals surface area contributed by atoms with Gasteiger partial charge in [0.05, 0.1) is 0 Å². The van der Waals surface area contributed by atoms with Crippen molar-refractivity contribution in [3.05, 3.63) is 0 Å². The molecule has 0 aromatic rings. The van der Waals surface area contributed by atoms with Gasteiger partial charge in [-0.05, 0) is 93.3 Å². The molecule has 5 aliphatic carbocycles. The Hall–Kier alpha value is -0.330. The van der Waals surface area contributed by atoms with Crippen molar-refractivity contribution in [1.29, 1.82) is 0 Å². The predicted molar refractivity (Wildman–Crippen MR) is 111 cm³/mol. The highest BCUT2D eigenvalue weighted by atomic mass is 14.8. The Bertz CT molecular complexity index is 559. The SMILES string of the molecule is C[C@]12CCCC[C@H]1CC[C@H]1[C@H]2CC[C@@]2(C)C(=NC3CCCCC3)CC[C@H]12. The first-order chi connectivity index (χ1) is 12.6. The number of aliphatic imine (C=N–C) groups is 1. The Labute approximate surface area is 161 Å². The second kappa shape index (κ2) is 6.63. The molecule has 6 atom stereocenters. The van der Waals surface area contributed by atoms with E-state index in [0.717, 1.165) is 23.7 Å². The van der Waals surface area contributed by atoms with Crippen LogP contribution in [0.25, 0.3) is 0 Å². The minimum absolute atomic E-state index is 0.469. The Morgan fingerprint density at radius 2 is 1.54 bits per heavy atom. The zero-order chi connectivity index (χ0) is 17.8. The van der Waals surface area contributed by atoms with Crippen molar-refractivity contribution in [1.82, 2.24) is 0 Å². The lowest BCUT2D eigenvalue weighted by Gasteiger charge is -2.60. The van der Waals surface area contributed by atoms with Crippen LogP contribution in [-0.4, -0.2) is 11.8 Å². The van der Waals surface area contributed by atoms with Crippen LogP contribution in [0.1, 0.15) is 110 Å². The minimum Gasteiger partial charge on any atom is -0.290 e. The number of hydrogen-bond donors (Lipinski definition) is 0. The maximum Gasteiger partial charge on any atom is 0.0499 e. The fourth-order valence-electron chi connectivity index (χ4n) is 8.73. The van der Waals surface area contributed by atoms with Crippen molar-refractivity contribution in [2.45, 2.75) is 116 Å². The lowest BCUT2D eigenvalue weighted by atomic mass is 9.45. The summed E-state index contributed by atoms with van der Waals surface area (Å²) >= 11 is 0. The van der Waals surface area contributed by atoms with Crippen LogP contribution in [0.3, 0.4) is 0 Å². The third-order valence-electron chi connectivity index (χ3n) is 10.2. The van der Waals surface area contributed by atoms with Gasteiger partial charge in [0.1, 0.15) is 0 Å². The van der Waals surface area contributed by atoms with Gasteiger partial charge in [-0.15, -0.1) is 0 Å². The molecule has 0 saturated heterocycles. The van der Waals surface area contributed by atoms with Gasteiger partial charge in [0.25, 0.3) is 0 Å². The van der Waals surface area contributed by atoms with Crippen molar-refractivity contribution in [3.8, 4) is 0 Å². The summed E-state index contributed by atoms with van der Waals surface area (Å²) in [5.74, 6) is 4.07. The van der Waals surface area contributed by atoms with Crippen molar-refractivity contribution in [2.24, 2.45) is 39.5 Å². The molecule has 146 valence electrons. The van der Waals surface area contributed by atoms with Crippen molar-refractivity contribution < 1.29 is 0 Å². The fraction of sp³-hybridized carbons (Fsp3) is 0.960. The predicted octanol–water partition coefficient (Wildman–Crippen LogP) is 7.19. The molecular formula is C25H41N. The van der Waals surface area contributed by atoms with E-state index in [4.69, 9.17) is 4.99 Å². The molecule has 5 rings (SSSR count). The molecule has 0 spiro atoms. The Morgan fingerprint density at radius 1 is 0.731 bits per heavy atom. The number of hydrogen-bond acceptors (Lipinski definition) is 1. The minimum atomic E-state index is 0.469. The fourth-order valence-corrected chi connectivity index (χ4v) is 8.73. The van der Waals surface area contributed by atoms with E-state index in [1.54, 1.807) is 18.6 Å². The summed E-state index contributed by atoms with van der Waals surface area (Å²) in [6.07, 6.45) is 22.0. The first-order valence-electron chi connectivity index (χ1n) is 12.2. The molecule has 1 heteroatoms. The summed E-state index contributed by atoms with van der Waals surface area (Å²) in [6.45, 7) is 5.35. The van der Waals surface area contributed by atoms with E-state index < -0.39 is 0 Å². The molecule has 0 unspecified atom stereocenters. The zero-order valence-electron chi connectivity index (χ0n) is 17.4. The maximum atomic E-state index is 5.44. The Morgan fingerprint density at radius 3 is 2.38 bits per heavy atom. The van der Waals surface area contributed by atoms with Crippen LogP contribution < -0.4 is 0 Å². The molecule has 0 heterocycles. The molecule has 0 aromatic carbocycles. The highest BCUT2D eigenvalue weighted by Gasteiger charge is 2.58. The molecule has 0 amide bonds. The molecule has 26 heavy (non-hydrogen) atoms. The summed E-state index contributed by atoms with van der Waals surface area (Å²) < 4.78 is 0. The molecular weight excluding hydrogens is 314 g/mol. The second-order valence-electron chi connectivity index (χ2n) is 11.3. The van der Waals surface area contributed by atoms with Gasteiger partial charge in [-0.3, -0.25) is 4.99 Å². The van der Waals surface area contributed by atoms with Crippen LogP contribution >= 0.6 is 0 Å². The van der Waals surface area contributed by atoms with Gasteiger partial charge >= 0.3 is 0 Å². The third kappa shape index (κ3) is 2.66. The van der Waals surface area contributed by atoms with Crippen molar-refractivity contribution in [3.63, 3.8) is 0 Å². The molecule has 0 aromatic heterocycles. The van der Waals surface area contributed by atoms with E-state index in [1.807, 2.05) is 0 Å². The average molecular weight is 356 g/mol. The van der Waals surface area contributed by atoms with Gasteiger partial charge in [-0.1, -0.05) is 46.0 Å². The van der Waals surface area contributed by atoms with E-state index >= 15 is 0 Å². The van der Waals surface area contributed by atoms with E-state index in [2.05, 4.69) is 13.8 Å².